The summed E-state index contributed by atoms with van der Waals surface area (Å²) in [6.07, 6.45) is 1.98. The average molecular weight is 586 g/mol. The van der Waals surface area contributed by atoms with Gasteiger partial charge in [-0.2, -0.15) is 0 Å². The molecule has 7 heteroatoms. The number of aromatic nitrogens is 1. The molecule has 4 aromatic rings. The third-order valence-corrected chi connectivity index (χ3v) is 8.28. The highest BCUT2D eigenvalue weighted by molar-refractivity contribution is 9.10. The monoisotopic (exact) mass is 584 g/mol. The first-order chi connectivity index (χ1) is 19.2. The molecule has 0 radical (unpaired) electrons. The average Bonchev–Trinajstić information content (AvgIpc) is 3.44. The van der Waals surface area contributed by atoms with Gasteiger partial charge >= 0.3 is 0 Å². The number of morpholine rings is 1. The minimum absolute atomic E-state index is 0.0653. The Morgan fingerprint density at radius 1 is 0.769 bits per heavy atom. The van der Waals surface area contributed by atoms with Crippen molar-refractivity contribution in [2.45, 2.75) is 6.04 Å². The highest BCUT2D eigenvalue weighted by atomic mass is 79.9. The zero-order valence-corrected chi connectivity index (χ0v) is 23.5. The molecule has 0 unspecified atom stereocenters. The minimum Gasteiger partial charge on any atom is -0.378 e. The van der Waals surface area contributed by atoms with E-state index in [1.54, 1.807) is 0 Å². The number of hydrogen-bond acceptors (Lipinski definition) is 4. The summed E-state index contributed by atoms with van der Waals surface area (Å²) in [7, 11) is 0. The smallest absolute Gasteiger partial charge is 0.272 e. The number of carbonyl (C=O) groups excluding carboxylic acids is 1. The number of H-pyrrole nitrogens is 1. The molecule has 2 aliphatic rings. The molecular weight excluding hydrogens is 552 g/mol. The Hall–Kier alpha value is -3.39. The van der Waals surface area contributed by atoms with Gasteiger partial charge in [-0.3, -0.25) is 9.69 Å². The lowest BCUT2D eigenvalue weighted by Gasteiger charge is -2.40. The van der Waals surface area contributed by atoms with Crippen LogP contribution in [0.25, 0.3) is 11.1 Å². The van der Waals surface area contributed by atoms with Gasteiger partial charge in [-0.05, 0) is 28.8 Å². The predicted molar refractivity (Wildman–Crippen MR) is 159 cm³/mol. The molecule has 2 fully saturated rings. The second-order valence-electron chi connectivity index (χ2n) is 10.1. The number of nitrogens with one attached hydrogen (secondary N) is 1. The fourth-order valence-corrected chi connectivity index (χ4v) is 6.03. The van der Waals surface area contributed by atoms with Crippen molar-refractivity contribution in [1.29, 1.82) is 0 Å². The molecule has 3 aromatic carbocycles. The van der Waals surface area contributed by atoms with Gasteiger partial charge in [0.05, 0.1) is 24.9 Å². The lowest BCUT2D eigenvalue weighted by atomic mass is 9.96. The molecule has 1 N–H and O–H groups in total. The van der Waals surface area contributed by atoms with E-state index < -0.39 is 0 Å². The third kappa shape index (κ3) is 5.53. The molecule has 2 saturated heterocycles. The number of aromatic amines is 1. The summed E-state index contributed by atoms with van der Waals surface area (Å²) in [5.74, 6) is 0.0653. The van der Waals surface area contributed by atoms with Crippen LogP contribution >= 0.6 is 15.9 Å². The SMILES string of the molecule is O=C(c1[nH]cc(-c2ccc(Br)cc2)c1N1CCOCC1)N1CCN(C(c2ccccc2)c2ccccc2)CC1. The first-order valence-corrected chi connectivity index (χ1v) is 14.4. The molecule has 0 atom stereocenters. The Kier molecular flexibility index (Phi) is 7.81. The van der Waals surface area contributed by atoms with Crippen LogP contribution in [-0.2, 0) is 4.74 Å². The van der Waals surface area contributed by atoms with Gasteiger partial charge in [0.2, 0.25) is 0 Å². The largest absolute Gasteiger partial charge is 0.378 e. The standard InChI is InChI=1S/C32H33BrN4O2/c33-27-13-11-24(12-14-27)28-23-34-29(31(28)36-19-21-39-22-20-36)32(38)37-17-15-35(16-18-37)30(25-7-3-1-4-8-25)26-9-5-2-6-10-26/h1-14,23,30,34H,15-22H2. The van der Waals surface area contributed by atoms with Crippen LogP contribution in [-0.4, -0.2) is 73.2 Å². The Bertz CT molecular complexity index is 1340. The molecule has 200 valence electrons. The van der Waals surface area contributed by atoms with Crippen molar-refractivity contribution >= 4 is 27.5 Å². The van der Waals surface area contributed by atoms with E-state index in [0.29, 0.717) is 32.0 Å². The van der Waals surface area contributed by atoms with E-state index in [4.69, 9.17) is 4.74 Å². The van der Waals surface area contributed by atoms with Gasteiger partial charge in [-0.1, -0.05) is 88.7 Å². The molecule has 1 aromatic heterocycles. The molecule has 6 rings (SSSR count). The number of benzene rings is 3. The summed E-state index contributed by atoms with van der Waals surface area (Å²) >= 11 is 3.54. The van der Waals surface area contributed by atoms with Gasteiger partial charge in [0, 0.05) is 55.5 Å². The Balaban J connectivity index is 1.24. The van der Waals surface area contributed by atoms with E-state index in [0.717, 1.165) is 47.5 Å². The molecule has 3 heterocycles. The fraction of sp³-hybridized carbons (Fsp3) is 0.281. The van der Waals surface area contributed by atoms with Crippen molar-refractivity contribution in [1.82, 2.24) is 14.8 Å². The summed E-state index contributed by atoms with van der Waals surface area (Å²) in [5, 5.41) is 0. The Morgan fingerprint density at radius 2 is 1.36 bits per heavy atom. The quantitative estimate of drug-likeness (QED) is 0.310. The maximum Gasteiger partial charge on any atom is 0.272 e. The molecule has 0 aliphatic carbocycles. The summed E-state index contributed by atoms with van der Waals surface area (Å²) in [6, 6.07) is 29.8. The number of nitrogens with zero attached hydrogens (tertiary/aromatic N) is 3. The molecule has 0 bridgehead atoms. The predicted octanol–water partition coefficient (Wildman–Crippen LogP) is 5.83. The lowest BCUT2D eigenvalue weighted by molar-refractivity contribution is 0.0592. The number of carbonyl (C=O) groups is 1. The third-order valence-electron chi connectivity index (χ3n) is 7.75. The summed E-state index contributed by atoms with van der Waals surface area (Å²) < 4.78 is 6.66. The van der Waals surface area contributed by atoms with E-state index in [2.05, 4.69) is 104 Å². The normalized spacial score (nSPS) is 16.6. The Labute approximate surface area is 238 Å². The summed E-state index contributed by atoms with van der Waals surface area (Å²) in [6.45, 7) is 5.86. The number of piperazine rings is 1. The minimum atomic E-state index is 0.0653. The van der Waals surface area contributed by atoms with Crippen molar-refractivity contribution < 1.29 is 9.53 Å². The highest BCUT2D eigenvalue weighted by Gasteiger charge is 2.32. The first-order valence-electron chi connectivity index (χ1n) is 13.6. The maximum atomic E-state index is 14.0. The number of ether oxygens (including phenoxy) is 1. The lowest BCUT2D eigenvalue weighted by Crippen LogP contribution is -2.50. The number of amides is 1. The molecule has 0 saturated carbocycles. The van der Waals surface area contributed by atoms with Crippen LogP contribution in [0.15, 0.2) is 95.6 Å². The van der Waals surface area contributed by atoms with E-state index in [9.17, 15) is 4.79 Å². The van der Waals surface area contributed by atoms with Gasteiger partial charge in [0.15, 0.2) is 0 Å². The van der Waals surface area contributed by atoms with Gasteiger partial charge in [0.1, 0.15) is 5.69 Å². The van der Waals surface area contributed by atoms with Crippen LogP contribution in [0.5, 0.6) is 0 Å². The van der Waals surface area contributed by atoms with Crippen LogP contribution in [0.4, 0.5) is 5.69 Å². The second-order valence-corrected chi connectivity index (χ2v) is 11.0. The number of halogens is 1. The van der Waals surface area contributed by atoms with Crippen LogP contribution in [0, 0.1) is 0 Å². The van der Waals surface area contributed by atoms with E-state index in [-0.39, 0.29) is 11.9 Å². The van der Waals surface area contributed by atoms with Crippen molar-refractivity contribution in [2.24, 2.45) is 0 Å². The first kappa shape index (κ1) is 25.9. The van der Waals surface area contributed by atoms with E-state index in [1.807, 2.05) is 23.2 Å². The highest BCUT2D eigenvalue weighted by Crippen LogP contribution is 2.36. The molecule has 2 aliphatic heterocycles. The number of anilines is 1. The second kappa shape index (κ2) is 11.8. The Morgan fingerprint density at radius 3 is 1.95 bits per heavy atom. The molecule has 0 spiro atoms. The van der Waals surface area contributed by atoms with Crippen LogP contribution < -0.4 is 4.90 Å². The maximum absolute atomic E-state index is 14.0. The van der Waals surface area contributed by atoms with Crippen LogP contribution in [0.2, 0.25) is 0 Å². The molecule has 39 heavy (non-hydrogen) atoms. The zero-order valence-electron chi connectivity index (χ0n) is 21.9. The number of rotatable bonds is 6. The molecular formula is C32H33BrN4O2. The van der Waals surface area contributed by atoms with Gasteiger partial charge in [-0.25, -0.2) is 0 Å². The van der Waals surface area contributed by atoms with Crippen LogP contribution in [0.1, 0.15) is 27.7 Å². The van der Waals surface area contributed by atoms with E-state index >= 15 is 0 Å². The van der Waals surface area contributed by atoms with Crippen molar-refractivity contribution in [3.8, 4) is 11.1 Å². The van der Waals surface area contributed by atoms with Gasteiger partial charge in [0.25, 0.3) is 5.91 Å². The van der Waals surface area contributed by atoms with Crippen LogP contribution in [0.3, 0.4) is 0 Å². The van der Waals surface area contributed by atoms with Crippen molar-refractivity contribution in [3.05, 3.63) is 112 Å². The summed E-state index contributed by atoms with van der Waals surface area (Å²) in [4.78, 5) is 24.2. The van der Waals surface area contributed by atoms with Crippen molar-refractivity contribution in [2.75, 3.05) is 57.4 Å². The van der Waals surface area contributed by atoms with Gasteiger partial charge in [-0.15, -0.1) is 0 Å². The zero-order chi connectivity index (χ0) is 26.6. The summed E-state index contributed by atoms with van der Waals surface area (Å²) in [5.41, 5.74) is 6.36. The van der Waals surface area contributed by atoms with Crippen molar-refractivity contribution in [3.63, 3.8) is 0 Å². The van der Waals surface area contributed by atoms with E-state index in [1.165, 1.54) is 11.1 Å². The van der Waals surface area contributed by atoms with Gasteiger partial charge < -0.3 is 19.5 Å². The number of hydrogen-bond donors (Lipinski definition) is 1. The molecule has 6 nitrogen and oxygen atoms in total. The fourth-order valence-electron chi connectivity index (χ4n) is 5.77. The topological polar surface area (TPSA) is 51.8 Å². The molecule has 1 amide bonds.